The molecule has 0 aliphatic heterocycles. The lowest BCUT2D eigenvalue weighted by atomic mass is 10.1. The largest absolute Gasteiger partial charge is 0.339 e. The normalized spacial score (nSPS) is 11.0. The van der Waals surface area contributed by atoms with Gasteiger partial charge in [0, 0.05) is 18.7 Å². The van der Waals surface area contributed by atoms with E-state index in [1.165, 1.54) is 0 Å². The molecule has 0 saturated carbocycles. The number of carbonyl (C=O) groups excluding carboxylic acids is 1. The molecule has 23 heavy (non-hydrogen) atoms. The first-order valence-corrected chi connectivity index (χ1v) is 8.18. The summed E-state index contributed by atoms with van der Waals surface area (Å²) < 4.78 is 0. The minimum atomic E-state index is 0.0746. The van der Waals surface area contributed by atoms with Gasteiger partial charge >= 0.3 is 0 Å². The van der Waals surface area contributed by atoms with Gasteiger partial charge in [-0.3, -0.25) is 4.79 Å². The third-order valence-corrected chi connectivity index (χ3v) is 3.86. The number of hydrogen-bond acceptors (Lipinski definition) is 3. The van der Waals surface area contributed by atoms with Crippen LogP contribution in [0.4, 0.5) is 0 Å². The summed E-state index contributed by atoms with van der Waals surface area (Å²) in [6.45, 7) is 5.75. The van der Waals surface area contributed by atoms with Crippen LogP contribution in [0.25, 0.3) is 22.1 Å². The molecule has 1 amide bonds. The van der Waals surface area contributed by atoms with Crippen LogP contribution >= 0.6 is 0 Å². The van der Waals surface area contributed by atoms with Gasteiger partial charge in [0.1, 0.15) is 0 Å². The van der Waals surface area contributed by atoms with E-state index in [0.29, 0.717) is 5.56 Å². The second kappa shape index (κ2) is 6.73. The zero-order valence-corrected chi connectivity index (χ0v) is 13.6. The maximum absolute atomic E-state index is 12.7. The number of amides is 1. The van der Waals surface area contributed by atoms with Crippen molar-refractivity contribution in [3.05, 3.63) is 48.0 Å². The summed E-state index contributed by atoms with van der Waals surface area (Å²) >= 11 is 0. The molecule has 3 aromatic rings. The highest BCUT2D eigenvalue weighted by Crippen LogP contribution is 2.18. The fraction of sp³-hybridized carbons (Fsp3) is 0.316. The van der Waals surface area contributed by atoms with E-state index in [4.69, 9.17) is 0 Å². The molecule has 4 heteroatoms. The van der Waals surface area contributed by atoms with Crippen molar-refractivity contribution in [2.45, 2.75) is 26.7 Å². The fourth-order valence-corrected chi connectivity index (χ4v) is 2.79. The molecule has 0 radical (unpaired) electrons. The highest BCUT2D eigenvalue weighted by molar-refractivity contribution is 5.98. The van der Waals surface area contributed by atoms with Crippen molar-refractivity contribution >= 4 is 28.0 Å². The minimum absolute atomic E-state index is 0.0746. The molecule has 2 aromatic carbocycles. The Morgan fingerprint density at radius 2 is 1.43 bits per heavy atom. The molecule has 0 fully saturated rings. The molecule has 1 heterocycles. The molecule has 4 nitrogen and oxygen atoms in total. The Morgan fingerprint density at radius 3 is 2.04 bits per heavy atom. The summed E-state index contributed by atoms with van der Waals surface area (Å²) in [6.07, 6.45) is 1.92. The Labute approximate surface area is 136 Å². The van der Waals surface area contributed by atoms with Gasteiger partial charge in [-0.15, -0.1) is 0 Å². The van der Waals surface area contributed by atoms with Crippen molar-refractivity contribution in [3.8, 4) is 0 Å². The number of fused-ring (bicyclic) bond motifs is 2. The van der Waals surface area contributed by atoms with Gasteiger partial charge in [-0.2, -0.15) is 0 Å². The molecular formula is C19H21N3O. The summed E-state index contributed by atoms with van der Waals surface area (Å²) in [5.74, 6) is 0.0746. The lowest BCUT2D eigenvalue weighted by Gasteiger charge is -2.21. The van der Waals surface area contributed by atoms with Crippen LogP contribution in [0.5, 0.6) is 0 Å². The monoisotopic (exact) mass is 307 g/mol. The first-order valence-electron chi connectivity index (χ1n) is 8.18. The number of para-hydroxylation sites is 2. The van der Waals surface area contributed by atoms with Gasteiger partial charge in [0.2, 0.25) is 0 Å². The van der Waals surface area contributed by atoms with E-state index >= 15 is 0 Å². The van der Waals surface area contributed by atoms with Crippen LogP contribution < -0.4 is 0 Å². The minimum Gasteiger partial charge on any atom is -0.339 e. The van der Waals surface area contributed by atoms with Crippen molar-refractivity contribution in [1.29, 1.82) is 0 Å². The van der Waals surface area contributed by atoms with E-state index in [9.17, 15) is 4.79 Å². The summed E-state index contributed by atoms with van der Waals surface area (Å²) in [7, 11) is 0. The number of nitrogens with zero attached hydrogens (tertiary/aromatic N) is 3. The van der Waals surface area contributed by atoms with E-state index in [-0.39, 0.29) is 5.91 Å². The first-order chi connectivity index (χ1) is 11.2. The Kier molecular flexibility index (Phi) is 4.51. The van der Waals surface area contributed by atoms with Gasteiger partial charge in [-0.05, 0) is 43.2 Å². The van der Waals surface area contributed by atoms with Crippen molar-refractivity contribution in [3.63, 3.8) is 0 Å². The summed E-state index contributed by atoms with van der Waals surface area (Å²) in [5.41, 5.74) is 3.99. The van der Waals surface area contributed by atoms with Crippen molar-refractivity contribution in [1.82, 2.24) is 14.9 Å². The molecule has 0 aliphatic carbocycles. The predicted molar refractivity (Wildman–Crippen MR) is 93.5 cm³/mol. The van der Waals surface area contributed by atoms with Crippen LogP contribution in [0.2, 0.25) is 0 Å². The van der Waals surface area contributed by atoms with Crippen LogP contribution in [0.15, 0.2) is 42.5 Å². The van der Waals surface area contributed by atoms with E-state index in [0.717, 1.165) is 48.0 Å². The maximum Gasteiger partial charge on any atom is 0.253 e. The average Bonchev–Trinajstić information content (AvgIpc) is 2.58. The fourth-order valence-electron chi connectivity index (χ4n) is 2.79. The summed E-state index contributed by atoms with van der Waals surface area (Å²) in [5, 5.41) is 0. The smallest absolute Gasteiger partial charge is 0.253 e. The molecule has 0 atom stereocenters. The van der Waals surface area contributed by atoms with Crippen LogP contribution in [0, 0.1) is 0 Å². The van der Waals surface area contributed by atoms with Gasteiger partial charge in [-0.1, -0.05) is 26.0 Å². The molecule has 0 saturated heterocycles. The zero-order valence-electron chi connectivity index (χ0n) is 13.6. The standard InChI is InChI=1S/C19H21N3O/c1-3-11-22(12-4-2)19(23)14-9-10-17-18(13-14)21-16-8-6-5-7-15(16)20-17/h5-10,13H,3-4,11-12H2,1-2H3. The van der Waals surface area contributed by atoms with Crippen LogP contribution in [-0.4, -0.2) is 33.9 Å². The van der Waals surface area contributed by atoms with E-state index < -0.39 is 0 Å². The van der Waals surface area contributed by atoms with Crippen molar-refractivity contribution in [2.75, 3.05) is 13.1 Å². The van der Waals surface area contributed by atoms with Gasteiger partial charge in [0.05, 0.1) is 22.1 Å². The molecular weight excluding hydrogens is 286 g/mol. The number of aromatic nitrogens is 2. The first kappa shape index (κ1) is 15.4. The van der Waals surface area contributed by atoms with Crippen LogP contribution in [-0.2, 0) is 0 Å². The topological polar surface area (TPSA) is 46.1 Å². The molecule has 0 N–H and O–H groups in total. The Morgan fingerprint density at radius 1 is 0.870 bits per heavy atom. The highest BCUT2D eigenvalue weighted by atomic mass is 16.2. The summed E-state index contributed by atoms with van der Waals surface area (Å²) in [4.78, 5) is 23.9. The molecule has 1 aromatic heterocycles. The molecule has 0 aliphatic rings. The molecule has 0 unspecified atom stereocenters. The molecule has 0 bridgehead atoms. The third-order valence-electron chi connectivity index (χ3n) is 3.86. The van der Waals surface area contributed by atoms with E-state index in [2.05, 4.69) is 23.8 Å². The summed E-state index contributed by atoms with van der Waals surface area (Å²) in [6, 6.07) is 13.4. The van der Waals surface area contributed by atoms with Gasteiger partial charge < -0.3 is 4.90 Å². The predicted octanol–water partition coefficient (Wildman–Crippen LogP) is 4.05. The Balaban J connectivity index is 2.01. The number of benzene rings is 2. The van der Waals surface area contributed by atoms with Gasteiger partial charge in [0.25, 0.3) is 5.91 Å². The second-order valence-electron chi connectivity index (χ2n) is 5.71. The second-order valence-corrected chi connectivity index (χ2v) is 5.71. The third kappa shape index (κ3) is 3.16. The number of rotatable bonds is 5. The quantitative estimate of drug-likeness (QED) is 0.668. The lowest BCUT2D eigenvalue weighted by molar-refractivity contribution is 0.0755. The maximum atomic E-state index is 12.7. The molecule has 0 spiro atoms. The average molecular weight is 307 g/mol. The van der Waals surface area contributed by atoms with Crippen molar-refractivity contribution in [2.24, 2.45) is 0 Å². The van der Waals surface area contributed by atoms with Crippen LogP contribution in [0.3, 0.4) is 0 Å². The van der Waals surface area contributed by atoms with E-state index in [1.807, 2.05) is 47.4 Å². The number of carbonyl (C=O) groups is 1. The van der Waals surface area contributed by atoms with Gasteiger partial charge in [0.15, 0.2) is 0 Å². The van der Waals surface area contributed by atoms with E-state index in [1.54, 1.807) is 0 Å². The SMILES string of the molecule is CCCN(CCC)C(=O)c1ccc2nc3ccccc3nc2c1. The van der Waals surface area contributed by atoms with Crippen molar-refractivity contribution < 1.29 is 4.79 Å². The highest BCUT2D eigenvalue weighted by Gasteiger charge is 2.15. The molecule has 3 rings (SSSR count). The number of hydrogen-bond donors (Lipinski definition) is 0. The zero-order chi connectivity index (χ0) is 16.2. The van der Waals surface area contributed by atoms with Gasteiger partial charge in [-0.25, -0.2) is 9.97 Å². The Hall–Kier alpha value is -2.49. The lowest BCUT2D eigenvalue weighted by Crippen LogP contribution is -2.32. The molecule has 118 valence electrons. The Bertz CT molecular complexity index is 838. The van der Waals surface area contributed by atoms with Crippen LogP contribution in [0.1, 0.15) is 37.0 Å².